The van der Waals surface area contributed by atoms with Crippen LogP contribution in [0.4, 0.5) is 5.69 Å². The molecule has 30 heavy (non-hydrogen) atoms. The van der Waals surface area contributed by atoms with E-state index in [1.165, 1.54) is 11.9 Å². The Labute approximate surface area is 183 Å². The first-order valence-corrected chi connectivity index (χ1v) is 10.7. The number of nitrogens with zero attached hydrogens (tertiary/aromatic N) is 1. The Morgan fingerprint density at radius 1 is 0.967 bits per heavy atom. The zero-order valence-corrected chi connectivity index (χ0v) is 17.5. The molecule has 5 nitrogen and oxygen atoms in total. The fraction of sp³-hybridized carbons (Fsp3) is 0.130. The van der Waals surface area contributed by atoms with Crippen LogP contribution in [0.25, 0.3) is 11.1 Å². The highest BCUT2D eigenvalue weighted by Crippen LogP contribution is 2.31. The predicted octanol–water partition coefficient (Wildman–Crippen LogP) is 5.67. The quantitative estimate of drug-likeness (QED) is 0.485. The minimum Gasteiger partial charge on any atom is -0.478 e. The molecule has 3 aromatic carbocycles. The number of aromatic carboxylic acids is 1. The molecule has 1 fully saturated rings. The van der Waals surface area contributed by atoms with Gasteiger partial charge in [0.05, 0.1) is 11.3 Å². The van der Waals surface area contributed by atoms with E-state index in [-0.39, 0.29) is 11.5 Å². The Morgan fingerprint density at radius 3 is 2.40 bits per heavy atom. The van der Waals surface area contributed by atoms with Crippen LogP contribution in [0.1, 0.15) is 27.1 Å². The van der Waals surface area contributed by atoms with Crippen LogP contribution in [0.15, 0.2) is 71.6 Å². The van der Waals surface area contributed by atoms with E-state index < -0.39 is 5.97 Å². The summed E-state index contributed by atoms with van der Waals surface area (Å²) in [5, 5.41) is 10.0. The third-order valence-corrected chi connectivity index (χ3v) is 5.91. The van der Waals surface area contributed by atoms with Gasteiger partial charge < -0.3 is 14.7 Å². The Kier molecular flexibility index (Phi) is 5.97. The second-order valence-electron chi connectivity index (χ2n) is 6.96. The zero-order valence-electron chi connectivity index (χ0n) is 16.0. The summed E-state index contributed by atoms with van der Waals surface area (Å²) in [5.74, 6) is -1.06. The van der Waals surface area contributed by atoms with E-state index in [0.29, 0.717) is 16.3 Å². The van der Waals surface area contributed by atoms with Crippen molar-refractivity contribution in [3.63, 3.8) is 0 Å². The fourth-order valence-electron chi connectivity index (χ4n) is 3.19. The lowest BCUT2D eigenvalue weighted by molar-refractivity contribution is 0.0650. The van der Waals surface area contributed by atoms with Gasteiger partial charge in [-0.15, -0.1) is 0 Å². The normalized spacial score (nSPS) is 12.9. The molecule has 7 heteroatoms. The maximum Gasteiger partial charge on any atom is 0.337 e. The molecule has 1 aliphatic heterocycles. The number of nitrogens with one attached hydrogen (secondary N) is 1. The van der Waals surface area contributed by atoms with Gasteiger partial charge >= 0.3 is 5.97 Å². The number of benzene rings is 3. The lowest BCUT2D eigenvalue weighted by Gasteiger charge is -2.31. The average molecular weight is 439 g/mol. The summed E-state index contributed by atoms with van der Waals surface area (Å²) in [7, 11) is 0. The number of carbonyl (C=O) groups is 2. The first-order chi connectivity index (χ1) is 14.5. The molecule has 152 valence electrons. The summed E-state index contributed by atoms with van der Waals surface area (Å²) in [6.45, 7) is 1.53. The van der Waals surface area contributed by atoms with Crippen LogP contribution in [-0.4, -0.2) is 35.0 Å². The summed E-state index contributed by atoms with van der Waals surface area (Å²) in [5.41, 5.74) is 3.07. The zero-order chi connectivity index (χ0) is 21.1. The van der Waals surface area contributed by atoms with Crippen molar-refractivity contribution in [1.82, 2.24) is 4.90 Å². The van der Waals surface area contributed by atoms with E-state index in [1.807, 2.05) is 36.4 Å². The Hall–Kier alpha value is -2.96. The van der Waals surface area contributed by atoms with Gasteiger partial charge in [0, 0.05) is 28.6 Å². The standard InChI is InChI=1S/C23H19ClN2O3S/c24-18-11-17(22(27)26-9-4-10-26)12-19(14-18)30-25-21-13-16(7-8-20(21)23(28)29)15-5-2-1-3-6-15/h1-3,5-8,11-14,25H,4,9-10H2,(H,28,29). The summed E-state index contributed by atoms with van der Waals surface area (Å²) in [4.78, 5) is 26.7. The maximum atomic E-state index is 12.5. The third-order valence-electron chi connectivity index (χ3n) is 4.90. The highest BCUT2D eigenvalue weighted by atomic mass is 35.5. The lowest BCUT2D eigenvalue weighted by Crippen LogP contribution is -2.42. The molecular weight excluding hydrogens is 420 g/mol. The highest BCUT2D eigenvalue weighted by Gasteiger charge is 2.22. The molecule has 1 saturated heterocycles. The number of halogens is 1. The molecule has 1 heterocycles. The van der Waals surface area contributed by atoms with Crippen molar-refractivity contribution in [3.8, 4) is 11.1 Å². The molecule has 0 radical (unpaired) electrons. The molecule has 1 amide bonds. The smallest absolute Gasteiger partial charge is 0.337 e. The van der Waals surface area contributed by atoms with Crippen molar-refractivity contribution in [2.24, 2.45) is 0 Å². The van der Waals surface area contributed by atoms with Crippen LogP contribution in [0.5, 0.6) is 0 Å². The van der Waals surface area contributed by atoms with Gasteiger partial charge in [0.2, 0.25) is 0 Å². The second kappa shape index (κ2) is 8.81. The van der Waals surface area contributed by atoms with E-state index in [2.05, 4.69) is 4.72 Å². The van der Waals surface area contributed by atoms with Crippen molar-refractivity contribution in [2.75, 3.05) is 17.8 Å². The Balaban J connectivity index is 1.59. The van der Waals surface area contributed by atoms with Gasteiger partial charge in [0.1, 0.15) is 0 Å². The predicted molar refractivity (Wildman–Crippen MR) is 120 cm³/mol. The highest BCUT2D eigenvalue weighted by molar-refractivity contribution is 8.00. The van der Waals surface area contributed by atoms with Crippen LogP contribution in [0.2, 0.25) is 5.02 Å². The molecule has 0 bridgehead atoms. The number of hydrogen-bond acceptors (Lipinski definition) is 4. The van der Waals surface area contributed by atoms with Crippen molar-refractivity contribution >= 4 is 41.1 Å². The average Bonchev–Trinajstić information content (AvgIpc) is 2.71. The van der Waals surface area contributed by atoms with Gasteiger partial charge in [0.25, 0.3) is 5.91 Å². The SMILES string of the molecule is O=C(O)c1ccc(-c2ccccc2)cc1NSc1cc(Cl)cc(C(=O)N2CCC2)c1. The number of amides is 1. The number of carboxylic acids is 1. The van der Waals surface area contributed by atoms with E-state index in [4.69, 9.17) is 11.6 Å². The minimum atomic E-state index is -1.02. The first kappa shape index (κ1) is 20.3. The van der Waals surface area contributed by atoms with Gasteiger partial charge in [-0.2, -0.15) is 0 Å². The Bertz CT molecular complexity index is 1100. The van der Waals surface area contributed by atoms with Crippen molar-refractivity contribution < 1.29 is 14.7 Å². The molecule has 0 aliphatic carbocycles. The maximum absolute atomic E-state index is 12.5. The van der Waals surface area contributed by atoms with Crippen molar-refractivity contribution in [2.45, 2.75) is 11.3 Å². The number of carbonyl (C=O) groups excluding carboxylic acids is 1. The molecule has 2 N–H and O–H groups in total. The second-order valence-corrected chi connectivity index (χ2v) is 8.27. The summed E-state index contributed by atoms with van der Waals surface area (Å²) in [6, 6.07) is 20.1. The molecular formula is C23H19ClN2O3S. The van der Waals surface area contributed by atoms with Crippen molar-refractivity contribution in [3.05, 3.63) is 82.9 Å². The molecule has 0 spiro atoms. The minimum absolute atomic E-state index is 0.0390. The summed E-state index contributed by atoms with van der Waals surface area (Å²) in [6.07, 6.45) is 1.02. The van der Waals surface area contributed by atoms with Crippen LogP contribution in [-0.2, 0) is 0 Å². The molecule has 4 rings (SSSR count). The topological polar surface area (TPSA) is 69.6 Å². The van der Waals surface area contributed by atoms with E-state index in [1.54, 1.807) is 35.2 Å². The molecule has 0 aromatic heterocycles. The van der Waals surface area contributed by atoms with Gasteiger partial charge in [-0.25, -0.2) is 4.79 Å². The summed E-state index contributed by atoms with van der Waals surface area (Å²) >= 11 is 7.45. The van der Waals surface area contributed by atoms with Gasteiger partial charge in [-0.1, -0.05) is 48.0 Å². The number of rotatable bonds is 6. The molecule has 0 unspecified atom stereocenters. The molecule has 1 aliphatic rings. The number of hydrogen-bond donors (Lipinski definition) is 2. The van der Waals surface area contributed by atoms with Gasteiger partial charge in [0.15, 0.2) is 0 Å². The molecule has 3 aromatic rings. The van der Waals surface area contributed by atoms with Crippen LogP contribution < -0.4 is 4.72 Å². The first-order valence-electron chi connectivity index (χ1n) is 9.47. The molecule has 0 atom stereocenters. The Morgan fingerprint density at radius 2 is 1.73 bits per heavy atom. The van der Waals surface area contributed by atoms with Crippen LogP contribution in [0, 0.1) is 0 Å². The number of carboxylic acid groups (broad SMARTS) is 1. The van der Waals surface area contributed by atoms with E-state index >= 15 is 0 Å². The monoisotopic (exact) mass is 438 g/mol. The van der Waals surface area contributed by atoms with Gasteiger partial charge in [-0.05, 0) is 59.8 Å². The summed E-state index contributed by atoms with van der Waals surface area (Å²) < 4.78 is 3.12. The largest absolute Gasteiger partial charge is 0.478 e. The molecule has 0 saturated carbocycles. The lowest BCUT2D eigenvalue weighted by atomic mass is 10.0. The van der Waals surface area contributed by atoms with Gasteiger partial charge in [-0.3, -0.25) is 4.79 Å². The van der Waals surface area contributed by atoms with E-state index in [9.17, 15) is 14.7 Å². The third kappa shape index (κ3) is 4.45. The fourth-order valence-corrected chi connectivity index (χ4v) is 4.25. The number of likely N-dealkylation sites (tertiary alicyclic amines) is 1. The number of anilines is 1. The van der Waals surface area contributed by atoms with E-state index in [0.717, 1.165) is 35.5 Å². The van der Waals surface area contributed by atoms with Crippen molar-refractivity contribution in [1.29, 1.82) is 0 Å². The van der Waals surface area contributed by atoms with Crippen LogP contribution in [0.3, 0.4) is 0 Å². The van der Waals surface area contributed by atoms with Crippen LogP contribution >= 0.6 is 23.5 Å².